The quantitative estimate of drug-likeness (QED) is 0.587. The van der Waals surface area contributed by atoms with Crippen LogP contribution in [-0.4, -0.2) is 10.9 Å². The van der Waals surface area contributed by atoms with Crippen LogP contribution in [0.5, 0.6) is 0 Å². The molecule has 3 rings (SSSR count). The van der Waals surface area contributed by atoms with E-state index < -0.39 is 0 Å². The largest absolute Gasteiger partial charge is 0.321 e. The Kier molecular flexibility index (Phi) is 5.56. The third kappa shape index (κ3) is 4.17. The summed E-state index contributed by atoms with van der Waals surface area (Å²) in [5, 5.41) is 5.50. The molecule has 6 heteroatoms. The molecule has 0 bridgehead atoms. The summed E-state index contributed by atoms with van der Waals surface area (Å²) in [6.45, 7) is 1.93. The lowest BCUT2D eigenvalue weighted by molar-refractivity contribution is 0.102. The van der Waals surface area contributed by atoms with E-state index in [4.69, 9.17) is 11.6 Å². The average Bonchev–Trinajstić information content (AvgIpc) is 3.06. The van der Waals surface area contributed by atoms with Gasteiger partial charge >= 0.3 is 0 Å². The van der Waals surface area contributed by atoms with Gasteiger partial charge in [-0.1, -0.05) is 17.7 Å². The predicted octanol–water partition coefficient (Wildman–Crippen LogP) is 5.65. The monoisotopic (exact) mass is 374 g/mol. The van der Waals surface area contributed by atoms with Crippen molar-refractivity contribution in [3.05, 3.63) is 75.2 Å². The Bertz CT molecular complexity index is 849. The van der Waals surface area contributed by atoms with Gasteiger partial charge in [0.1, 0.15) is 4.88 Å². The zero-order chi connectivity index (χ0) is 16.9. The number of aromatic nitrogens is 1. The molecule has 3 aromatic rings. The van der Waals surface area contributed by atoms with Crippen LogP contribution < -0.4 is 5.32 Å². The smallest absolute Gasteiger partial charge is 0.266 e. The molecule has 0 atom stereocenters. The molecule has 0 unspecified atom stereocenters. The molecule has 0 aliphatic heterocycles. The van der Waals surface area contributed by atoms with Crippen molar-refractivity contribution in [1.29, 1.82) is 0 Å². The van der Waals surface area contributed by atoms with Crippen LogP contribution in [-0.2, 0) is 5.75 Å². The molecule has 0 fully saturated rings. The van der Waals surface area contributed by atoms with Gasteiger partial charge in [-0.3, -0.25) is 9.78 Å². The first-order valence-corrected chi connectivity index (χ1v) is 9.54. The standard InChI is InChI=1S/C18H15ClN2OS2/c1-12-2-3-14(10-15(12)19)21-18(22)17-16(6-9-23-17)24-11-13-4-7-20-8-5-13/h2-10H,11H2,1H3,(H,21,22). The van der Waals surface area contributed by atoms with E-state index >= 15 is 0 Å². The Hall–Kier alpha value is -1.82. The van der Waals surface area contributed by atoms with Crippen LogP contribution in [0, 0.1) is 6.92 Å². The molecule has 2 aromatic heterocycles. The summed E-state index contributed by atoms with van der Waals surface area (Å²) in [5.74, 6) is 0.692. The molecule has 0 saturated carbocycles. The van der Waals surface area contributed by atoms with Crippen molar-refractivity contribution >= 4 is 46.3 Å². The molecule has 3 nitrogen and oxygen atoms in total. The molecule has 0 aliphatic rings. The number of thioether (sulfide) groups is 1. The van der Waals surface area contributed by atoms with E-state index in [2.05, 4.69) is 10.3 Å². The Balaban J connectivity index is 1.69. The molecule has 0 saturated heterocycles. The number of aryl methyl sites for hydroxylation is 1. The number of hydrogen-bond donors (Lipinski definition) is 1. The first kappa shape index (κ1) is 17.0. The second-order valence-corrected chi connectivity index (χ2v) is 7.52. The number of halogens is 1. The summed E-state index contributed by atoms with van der Waals surface area (Å²) in [4.78, 5) is 18.2. The highest BCUT2D eigenvalue weighted by Crippen LogP contribution is 2.31. The number of thiophene rings is 1. The van der Waals surface area contributed by atoms with Gasteiger partial charge in [0, 0.05) is 33.8 Å². The van der Waals surface area contributed by atoms with Gasteiger partial charge < -0.3 is 5.32 Å². The SMILES string of the molecule is Cc1ccc(NC(=O)c2sccc2SCc2ccncc2)cc1Cl. The molecule has 0 aliphatic carbocycles. The van der Waals surface area contributed by atoms with Crippen LogP contribution in [0.4, 0.5) is 5.69 Å². The summed E-state index contributed by atoms with van der Waals surface area (Å²) in [6.07, 6.45) is 3.55. The Labute approximate surface area is 154 Å². The number of anilines is 1. The minimum absolute atomic E-state index is 0.109. The van der Waals surface area contributed by atoms with Crippen molar-refractivity contribution in [2.24, 2.45) is 0 Å². The first-order valence-electron chi connectivity index (χ1n) is 7.30. The number of carbonyl (C=O) groups is 1. The highest BCUT2D eigenvalue weighted by atomic mass is 35.5. The van der Waals surface area contributed by atoms with E-state index in [-0.39, 0.29) is 5.91 Å². The number of nitrogens with zero attached hydrogens (tertiary/aromatic N) is 1. The van der Waals surface area contributed by atoms with Crippen LogP contribution in [0.2, 0.25) is 5.02 Å². The fourth-order valence-electron chi connectivity index (χ4n) is 2.08. The second-order valence-electron chi connectivity index (χ2n) is 5.18. The van der Waals surface area contributed by atoms with E-state index in [9.17, 15) is 4.79 Å². The van der Waals surface area contributed by atoms with Crippen molar-refractivity contribution in [1.82, 2.24) is 4.98 Å². The van der Waals surface area contributed by atoms with Crippen LogP contribution in [0.1, 0.15) is 20.8 Å². The molecule has 24 heavy (non-hydrogen) atoms. The number of amides is 1. The van der Waals surface area contributed by atoms with Gasteiger partial charge in [0.25, 0.3) is 5.91 Å². The average molecular weight is 375 g/mol. The Morgan fingerprint density at radius 1 is 1.25 bits per heavy atom. The van der Waals surface area contributed by atoms with Gasteiger partial charge in [-0.05, 0) is 53.8 Å². The third-order valence-corrected chi connectivity index (χ3v) is 5.99. The maximum atomic E-state index is 12.5. The molecule has 1 aromatic carbocycles. The van der Waals surface area contributed by atoms with E-state index in [0.717, 1.165) is 16.2 Å². The molecule has 1 N–H and O–H groups in total. The number of benzene rings is 1. The van der Waals surface area contributed by atoms with Crippen molar-refractivity contribution in [3.8, 4) is 0 Å². The summed E-state index contributed by atoms with van der Waals surface area (Å²) in [6, 6.07) is 11.5. The number of nitrogens with one attached hydrogen (secondary N) is 1. The summed E-state index contributed by atoms with van der Waals surface area (Å²) in [7, 11) is 0. The van der Waals surface area contributed by atoms with Crippen molar-refractivity contribution in [3.63, 3.8) is 0 Å². The Morgan fingerprint density at radius 3 is 2.79 bits per heavy atom. The van der Waals surface area contributed by atoms with Gasteiger partial charge in [-0.2, -0.15) is 0 Å². The number of carbonyl (C=O) groups excluding carboxylic acids is 1. The number of pyridine rings is 1. The zero-order valence-corrected chi connectivity index (χ0v) is 15.3. The number of rotatable bonds is 5. The summed E-state index contributed by atoms with van der Waals surface area (Å²) in [5.41, 5.74) is 2.87. The van der Waals surface area contributed by atoms with Crippen molar-refractivity contribution in [2.45, 2.75) is 17.6 Å². The van der Waals surface area contributed by atoms with E-state index in [1.807, 2.05) is 42.6 Å². The molecule has 1 amide bonds. The van der Waals surface area contributed by atoms with Crippen LogP contribution in [0.25, 0.3) is 0 Å². The molecule has 0 spiro atoms. The van der Waals surface area contributed by atoms with Crippen LogP contribution in [0.15, 0.2) is 59.1 Å². The minimum atomic E-state index is -0.109. The lowest BCUT2D eigenvalue weighted by Gasteiger charge is -2.07. The van der Waals surface area contributed by atoms with Gasteiger partial charge in [0.05, 0.1) is 0 Å². The minimum Gasteiger partial charge on any atom is -0.321 e. The highest BCUT2D eigenvalue weighted by molar-refractivity contribution is 7.98. The van der Waals surface area contributed by atoms with Crippen LogP contribution in [0.3, 0.4) is 0 Å². The Morgan fingerprint density at radius 2 is 2.04 bits per heavy atom. The molecular formula is C18H15ClN2OS2. The van der Waals surface area contributed by atoms with Gasteiger partial charge in [0.2, 0.25) is 0 Å². The molecule has 122 valence electrons. The topological polar surface area (TPSA) is 42.0 Å². The molecule has 0 radical (unpaired) electrons. The van der Waals surface area contributed by atoms with E-state index in [0.29, 0.717) is 15.6 Å². The third-order valence-electron chi connectivity index (χ3n) is 3.41. The first-order chi connectivity index (χ1) is 11.6. The maximum Gasteiger partial charge on any atom is 0.266 e. The van der Waals surface area contributed by atoms with E-state index in [1.54, 1.807) is 30.2 Å². The fraction of sp³-hybridized carbons (Fsp3) is 0.111. The molecule has 2 heterocycles. The zero-order valence-electron chi connectivity index (χ0n) is 13.0. The van der Waals surface area contributed by atoms with Gasteiger partial charge in [-0.15, -0.1) is 23.1 Å². The van der Waals surface area contributed by atoms with Crippen molar-refractivity contribution in [2.75, 3.05) is 5.32 Å². The van der Waals surface area contributed by atoms with E-state index in [1.165, 1.54) is 16.9 Å². The number of hydrogen-bond acceptors (Lipinski definition) is 4. The highest BCUT2D eigenvalue weighted by Gasteiger charge is 2.14. The van der Waals surface area contributed by atoms with Gasteiger partial charge in [0.15, 0.2) is 0 Å². The second kappa shape index (κ2) is 7.83. The van der Waals surface area contributed by atoms with Crippen LogP contribution >= 0.6 is 34.7 Å². The predicted molar refractivity (Wildman–Crippen MR) is 102 cm³/mol. The maximum absolute atomic E-state index is 12.5. The molecular weight excluding hydrogens is 360 g/mol. The van der Waals surface area contributed by atoms with Crippen molar-refractivity contribution < 1.29 is 4.79 Å². The lowest BCUT2D eigenvalue weighted by atomic mass is 10.2. The lowest BCUT2D eigenvalue weighted by Crippen LogP contribution is -2.11. The van der Waals surface area contributed by atoms with Gasteiger partial charge in [-0.25, -0.2) is 0 Å². The summed E-state index contributed by atoms with van der Waals surface area (Å²) >= 11 is 9.20. The fourth-order valence-corrected chi connectivity index (χ4v) is 4.25. The summed E-state index contributed by atoms with van der Waals surface area (Å²) < 4.78 is 0. The normalized spacial score (nSPS) is 10.6.